The first-order valence-corrected chi connectivity index (χ1v) is 14.7. The molecule has 11 nitrogen and oxygen atoms in total. The standard InChI is InChI=1S/C27H45N3O8S/c1-6-7-16-8-9-18(10-16)26(36)29-21(15(2)32)25-23(34)22(33)24(35)27(38-25)39-19-11-17(13-28-19)12-20(37-14-31)30(3,4)5/h13-16,18,20-25,27,32-35H,6-12H2,1-5H3/p+1/t15-,16-,18+,20-,21-,22+,23-,24?,25?,27+/m1/s1. The zero-order valence-electron chi connectivity index (χ0n) is 23.6. The summed E-state index contributed by atoms with van der Waals surface area (Å²) < 4.78 is 11.7. The molecule has 222 valence electrons. The molecule has 1 saturated heterocycles. The number of hydrogen-bond donors (Lipinski definition) is 5. The molecule has 0 aromatic rings. The van der Waals surface area contributed by atoms with Crippen LogP contribution in [0.3, 0.4) is 0 Å². The van der Waals surface area contributed by atoms with Crippen LogP contribution in [0.2, 0.25) is 0 Å². The third-order valence-electron chi connectivity index (χ3n) is 7.93. The Morgan fingerprint density at radius 3 is 2.59 bits per heavy atom. The average Bonchev–Trinajstić information content (AvgIpc) is 3.52. The third-order valence-corrected chi connectivity index (χ3v) is 9.08. The van der Waals surface area contributed by atoms with E-state index in [2.05, 4.69) is 17.2 Å². The van der Waals surface area contributed by atoms with Gasteiger partial charge in [-0.05, 0) is 37.7 Å². The zero-order valence-corrected chi connectivity index (χ0v) is 24.4. The van der Waals surface area contributed by atoms with E-state index < -0.39 is 48.2 Å². The maximum atomic E-state index is 13.1. The maximum absolute atomic E-state index is 13.1. The fourth-order valence-electron chi connectivity index (χ4n) is 5.58. The summed E-state index contributed by atoms with van der Waals surface area (Å²) in [7, 11) is 5.77. The molecule has 5 N–H and O–H groups in total. The van der Waals surface area contributed by atoms with E-state index in [1.807, 2.05) is 21.1 Å². The Labute approximate surface area is 235 Å². The summed E-state index contributed by atoms with van der Waals surface area (Å²) in [5, 5.41) is 46.2. The lowest BCUT2D eigenvalue weighted by Crippen LogP contribution is -2.65. The SMILES string of the molecule is CCC[C@@H]1CC[C@H](C(=O)N[C@@H](C2O[C@@H](SC3=NC=C(C[C@@H](OC=O)[N+](C)(C)C)C3)C(O)[C@@H](O)[C@H]2O)[C@@H](C)O)C1. The Kier molecular flexibility index (Phi) is 11.4. The highest BCUT2D eigenvalue weighted by Crippen LogP contribution is 2.36. The number of aliphatic hydroxyl groups excluding tert-OH is 4. The van der Waals surface area contributed by atoms with Gasteiger partial charge in [-0.1, -0.05) is 31.5 Å². The fraction of sp³-hybridized carbons (Fsp3) is 0.815. The Morgan fingerprint density at radius 2 is 1.97 bits per heavy atom. The summed E-state index contributed by atoms with van der Waals surface area (Å²) in [6.07, 6.45) is 0.263. The summed E-state index contributed by atoms with van der Waals surface area (Å²) in [5.41, 5.74) is -0.0502. The molecular weight excluding hydrogens is 526 g/mol. The monoisotopic (exact) mass is 572 g/mol. The van der Waals surface area contributed by atoms with Crippen LogP contribution in [-0.2, 0) is 19.1 Å². The number of ether oxygens (including phenoxy) is 2. The van der Waals surface area contributed by atoms with Gasteiger partial charge in [0.15, 0.2) is 0 Å². The quantitative estimate of drug-likeness (QED) is 0.130. The van der Waals surface area contributed by atoms with Crippen LogP contribution in [0, 0.1) is 11.8 Å². The summed E-state index contributed by atoms with van der Waals surface area (Å²) >= 11 is 1.12. The summed E-state index contributed by atoms with van der Waals surface area (Å²) in [4.78, 5) is 28.5. The normalized spacial score (nSPS) is 33.6. The molecule has 3 rings (SSSR count). The number of aliphatic hydroxyl groups is 4. The number of nitrogens with zero attached hydrogens (tertiary/aromatic N) is 2. The molecule has 2 fully saturated rings. The van der Waals surface area contributed by atoms with Gasteiger partial charge in [0.2, 0.25) is 12.1 Å². The van der Waals surface area contributed by atoms with E-state index in [1.165, 1.54) is 6.92 Å². The Morgan fingerprint density at radius 1 is 1.26 bits per heavy atom. The minimum absolute atomic E-state index is 0.166. The van der Waals surface area contributed by atoms with Gasteiger partial charge in [0.1, 0.15) is 29.9 Å². The molecule has 2 aliphatic heterocycles. The maximum Gasteiger partial charge on any atom is 0.297 e. The molecule has 2 unspecified atom stereocenters. The summed E-state index contributed by atoms with van der Waals surface area (Å²) in [5.74, 6) is 0.150. The van der Waals surface area contributed by atoms with Crippen molar-refractivity contribution < 1.29 is 44.0 Å². The zero-order chi connectivity index (χ0) is 28.9. The molecule has 1 amide bonds. The van der Waals surface area contributed by atoms with Crippen molar-refractivity contribution in [1.29, 1.82) is 0 Å². The average molecular weight is 573 g/mol. The molecule has 39 heavy (non-hydrogen) atoms. The Hall–Kier alpha value is -1.54. The number of rotatable bonds is 12. The minimum Gasteiger partial charge on any atom is -0.414 e. The molecule has 2 heterocycles. The van der Waals surface area contributed by atoms with Gasteiger partial charge in [0, 0.05) is 18.5 Å². The van der Waals surface area contributed by atoms with Gasteiger partial charge in [-0.25, -0.2) is 0 Å². The first-order chi connectivity index (χ1) is 18.3. The van der Waals surface area contributed by atoms with Gasteiger partial charge in [0.05, 0.1) is 44.8 Å². The molecular formula is C27H46N3O8S+. The van der Waals surface area contributed by atoms with Gasteiger partial charge < -0.3 is 35.2 Å². The van der Waals surface area contributed by atoms with Gasteiger partial charge in [-0.15, -0.1) is 0 Å². The number of nitrogens with one attached hydrogen (secondary N) is 1. The first-order valence-electron chi connectivity index (χ1n) is 13.8. The number of amides is 1. The van der Waals surface area contributed by atoms with E-state index in [0.717, 1.165) is 49.4 Å². The lowest BCUT2D eigenvalue weighted by Gasteiger charge is -2.44. The van der Waals surface area contributed by atoms with E-state index in [1.54, 1.807) is 6.20 Å². The molecule has 1 saturated carbocycles. The predicted molar refractivity (Wildman–Crippen MR) is 147 cm³/mol. The van der Waals surface area contributed by atoms with Crippen molar-refractivity contribution in [2.24, 2.45) is 16.8 Å². The topological polar surface area (TPSA) is 158 Å². The molecule has 0 aromatic heterocycles. The largest absolute Gasteiger partial charge is 0.414 e. The first kappa shape index (κ1) is 32.0. The molecule has 0 bridgehead atoms. The molecule has 3 aliphatic rings. The van der Waals surface area contributed by atoms with Gasteiger partial charge in [-0.3, -0.25) is 19.1 Å². The Bertz CT molecular complexity index is 908. The smallest absolute Gasteiger partial charge is 0.297 e. The van der Waals surface area contributed by atoms with E-state index in [4.69, 9.17) is 9.47 Å². The van der Waals surface area contributed by atoms with Crippen molar-refractivity contribution >= 4 is 29.2 Å². The van der Waals surface area contributed by atoms with E-state index in [0.29, 0.717) is 34.8 Å². The van der Waals surface area contributed by atoms with Crippen LogP contribution >= 0.6 is 11.8 Å². The fourth-order valence-corrected chi connectivity index (χ4v) is 6.72. The van der Waals surface area contributed by atoms with E-state index in [9.17, 15) is 30.0 Å². The van der Waals surface area contributed by atoms with Crippen LogP contribution in [0.1, 0.15) is 58.8 Å². The number of carbonyl (C=O) groups is 2. The van der Waals surface area contributed by atoms with Crippen molar-refractivity contribution in [2.45, 2.75) is 107 Å². The summed E-state index contributed by atoms with van der Waals surface area (Å²) in [6.45, 7) is 4.07. The second kappa shape index (κ2) is 13.9. The molecule has 1 aliphatic carbocycles. The van der Waals surface area contributed by atoms with Gasteiger partial charge in [0.25, 0.3) is 6.47 Å². The highest BCUT2D eigenvalue weighted by molar-refractivity contribution is 8.14. The van der Waals surface area contributed by atoms with Crippen molar-refractivity contribution in [3.05, 3.63) is 11.8 Å². The molecule has 0 aromatic carbocycles. The molecule has 0 radical (unpaired) electrons. The second-order valence-electron chi connectivity index (χ2n) is 12.0. The van der Waals surface area contributed by atoms with E-state index >= 15 is 0 Å². The third kappa shape index (κ3) is 8.25. The van der Waals surface area contributed by atoms with Crippen molar-refractivity contribution in [2.75, 3.05) is 21.1 Å². The highest BCUT2D eigenvalue weighted by Gasteiger charge is 2.49. The summed E-state index contributed by atoms with van der Waals surface area (Å²) in [6, 6.07) is -0.979. The predicted octanol–water partition coefficient (Wildman–Crippen LogP) is 0.891. The van der Waals surface area contributed by atoms with Crippen LogP contribution in [0.25, 0.3) is 0 Å². The number of aliphatic imine (C=N–C) groups is 1. The Balaban J connectivity index is 1.64. The number of thioether (sulfide) groups is 1. The number of carbonyl (C=O) groups excluding carboxylic acids is 2. The number of quaternary nitrogens is 1. The lowest BCUT2D eigenvalue weighted by atomic mass is 9.91. The lowest BCUT2D eigenvalue weighted by molar-refractivity contribution is -0.916. The van der Waals surface area contributed by atoms with Crippen molar-refractivity contribution in [1.82, 2.24) is 5.32 Å². The van der Waals surface area contributed by atoms with Gasteiger partial charge in [-0.2, -0.15) is 0 Å². The highest BCUT2D eigenvalue weighted by atomic mass is 32.2. The molecule has 0 spiro atoms. The second-order valence-corrected chi connectivity index (χ2v) is 13.2. The van der Waals surface area contributed by atoms with Crippen LogP contribution in [0.4, 0.5) is 0 Å². The minimum atomic E-state index is -1.54. The van der Waals surface area contributed by atoms with Crippen molar-refractivity contribution in [3.8, 4) is 0 Å². The van der Waals surface area contributed by atoms with Gasteiger partial charge >= 0.3 is 0 Å². The van der Waals surface area contributed by atoms with Crippen molar-refractivity contribution in [3.63, 3.8) is 0 Å². The van der Waals surface area contributed by atoms with E-state index in [-0.39, 0.29) is 11.8 Å². The van der Waals surface area contributed by atoms with Crippen LogP contribution in [-0.4, -0.2) is 112 Å². The number of hydrogen-bond acceptors (Lipinski definition) is 10. The molecule has 12 heteroatoms. The van der Waals surface area contributed by atoms with Crippen LogP contribution in [0.5, 0.6) is 0 Å². The van der Waals surface area contributed by atoms with Crippen LogP contribution in [0.15, 0.2) is 16.8 Å². The van der Waals surface area contributed by atoms with Crippen LogP contribution < -0.4 is 5.32 Å². The molecule has 10 atom stereocenters.